The number of nitrogens with zero attached hydrogens (tertiary/aromatic N) is 1. The lowest BCUT2D eigenvalue weighted by atomic mass is 9.82. The van der Waals surface area contributed by atoms with Gasteiger partial charge in [-0.3, -0.25) is 19.3 Å². The number of fused-ring (bicyclic) bond motifs is 1. The molecular formula is C23H19F3N2O3. The number of halogens is 3. The van der Waals surface area contributed by atoms with Gasteiger partial charge in [0.1, 0.15) is 0 Å². The number of allylic oxidation sites excluding steroid dienone is 2. The molecule has 2 aliphatic rings. The van der Waals surface area contributed by atoms with Gasteiger partial charge < -0.3 is 5.32 Å². The maximum Gasteiger partial charge on any atom is 0.418 e. The zero-order chi connectivity index (χ0) is 22.3. The number of imide groups is 1. The number of anilines is 2. The first kappa shape index (κ1) is 20.8. The van der Waals surface area contributed by atoms with Crippen molar-refractivity contribution in [2.45, 2.75) is 25.9 Å². The molecule has 0 aromatic heterocycles. The molecule has 1 aliphatic carbocycles. The summed E-state index contributed by atoms with van der Waals surface area (Å²) in [5.41, 5.74) is 0.00131. The minimum atomic E-state index is -4.62. The summed E-state index contributed by atoms with van der Waals surface area (Å²) in [5, 5.41) is 2.27. The van der Waals surface area contributed by atoms with E-state index in [9.17, 15) is 27.6 Å². The zero-order valence-corrected chi connectivity index (χ0v) is 16.6. The SMILES string of the molecule is CC1=CC[C@H]2C(=O)N(c3cccc(C(=O)Nc4ccccc4C(F)(F)F)c3)C(=O)[C@H]2C1. The Labute approximate surface area is 176 Å². The fraction of sp³-hybridized carbons (Fsp3) is 0.261. The van der Waals surface area contributed by atoms with Gasteiger partial charge in [-0.25, -0.2) is 0 Å². The molecule has 160 valence electrons. The summed E-state index contributed by atoms with van der Waals surface area (Å²) >= 11 is 0. The highest BCUT2D eigenvalue weighted by Gasteiger charge is 2.48. The summed E-state index contributed by atoms with van der Waals surface area (Å²) in [5.74, 6) is -2.25. The molecule has 2 aromatic rings. The third-order valence-electron chi connectivity index (χ3n) is 5.67. The molecule has 31 heavy (non-hydrogen) atoms. The average molecular weight is 428 g/mol. The third-order valence-corrected chi connectivity index (χ3v) is 5.67. The Morgan fingerprint density at radius 3 is 2.48 bits per heavy atom. The lowest BCUT2D eigenvalue weighted by Crippen LogP contribution is -2.31. The average Bonchev–Trinajstić information content (AvgIpc) is 2.97. The van der Waals surface area contributed by atoms with Crippen LogP contribution in [0.25, 0.3) is 0 Å². The Bertz CT molecular complexity index is 1110. The Morgan fingerprint density at radius 1 is 1.03 bits per heavy atom. The summed E-state index contributed by atoms with van der Waals surface area (Å²) in [7, 11) is 0. The molecule has 2 atom stereocenters. The van der Waals surface area contributed by atoms with Crippen LogP contribution in [-0.4, -0.2) is 17.7 Å². The van der Waals surface area contributed by atoms with Crippen LogP contribution in [0.5, 0.6) is 0 Å². The molecule has 8 heteroatoms. The number of nitrogens with one attached hydrogen (secondary N) is 1. The van der Waals surface area contributed by atoms with E-state index < -0.39 is 29.5 Å². The van der Waals surface area contributed by atoms with Crippen LogP contribution in [0.3, 0.4) is 0 Å². The van der Waals surface area contributed by atoms with Gasteiger partial charge in [0.15, 0.2) is 0 Å². The first-order valence-electron chi connectivity index (χ1n) is 9.78. The van der Waals surface area contributed by atoms with E-state index in [4.69, 9.17) is 0 Å². The lowest BCUT2D eigenvalue weighted by Gasteiger charge is -2.18. The van der Waals surface area contributed by atoms with Crippen molar-refractivity contribution in [2.75, 3.05) is 10.2 Å². The zero-order valence-electron chi connectivity index (χ0n) is 16.6. The van der Waals surface area contributed by atoms with Crippen molar-refractivity contribution in [1.82, 2.24) is 0 Å². The number of carbonyl (C=O) groups excluding carboxylic acids is 3. The van der Waals surface area contributed by atoms with E-state index in [1.165, 1.54) is 36.4 Å². The molecule has 1 heterocycles. The number of para-hydroxylation sites is 1. The molecule has 2 aromatic carbocycles. The summed E-state index contributed by atoms with van der Waals surface area (Å²) in [6, 6.07) is 10.5. The predicted molar refractivity (Wildman–Crippen MR) is 108 cm³/mol. The smallest absolute Gasteiger partial charge is 0.321 e. The third kappa shape index (κ3) is 3.85. The maximum atomic E-state index is 13.2. The van der Waals surface area contributed by atoms with Crippen molar-refractivity contribution >= 4 is 29.1 Å². The van der Waals surface area contributed by atoms with Gasteiger partial charge in [-0.1, -0.05) is 29.8 Å². The van der Waals surface area contributed by atoms with Gasteiger partial charge in [0.25, 0.3) is 5.91 Å². The second-order valence-electron chi connectivity index (χ2n) is 7.76. The van der Waals surface area contributed by atoms with Gasteiger partial charge in [0.2, 0.25) is 11.8 Å². The highest BCUT2D eigenvalue weighted by atomic mass is 19.4. The highest BCUT2D eigenvalue weighted by molar-refractivity contribution is 6.22. The predicted octanol–water partition coefficient (Wildman–Crippen LogP) is 4.80. The molecular weight excluding hydrogens is 409 g/mol. The number of carbonyl (C=O) groups is 3. The molecule has 4 rings (SSSR count). The molecule has 3 amide bonds. The van der Waals surface area contributed by atoms with Crippen LogP contribution in [0.1, 0.15) is 35.7 Å². The van der Waals surface area contributed by atoms with Gasteiger partial charge in [-0.05, 0) is 50.1 Å². The number of amides is 3. The standard InChI is InChI=1S/C23H19F3N2O3/c1-13-9-10-16-17(11-13)22(31)28(21(16)30)15-6-4-5-14(12-15)20(29)27-19-8-3-2-7-18(19)23(24,25)26/h2-9,12,16-17H,10-11H2,1H3,(H,27,29)/t16-,17+/m1/s1. The van der Waals surface area contributed by atoms with Crippen molar-refractivity contribution in [3.05, 3.63) is 71.3 Å². The maximum absolute atomic E-state index is 13.2. The molecule has 0 radical (unpaired) electrons. The highest BCUT2D eigenvalue weighted by Crippen LogP contribution is 2.40. The van der Waals surface area contributed by atoms with Gasteiger partial charge in [-0.2, -0.15) is 13.2 Å². The Balaban J connectivity index is 1.59. The first-order chi connectivity index (χ1) is 14.7. The van der Waals surface area contributed by atoms with E-state index >= 15 is 0 Å². The van der Waals surface area contributed by atoms with E-state index in [-0.39, 0.29) is 28.8 Å². The molecule has 1 fully saturated rings. The molecule has 0 spiro atoms. The van der Waals surface area contributed by atoms with Gasteiger partial charge in [0, 0.05) is 5.56 Å². The van der Waals surface area contributed by atoms with Crippen LogP contribution >= 0.6 is 0 Å². The van der Waals surface area contributed by atoms with Crippen LogP contribution in [0.2, 0.25) is 0 Å². The molecule has 1 N–H and O–H groups in total. The van der Waals surface area contributed by atoms with E-state index in [1.54, 1.807) is 0 Å². The number of alkyl halides is 3. The Kier molecular flexibility index (Phi) is 5.16. The quantitative estimate of drug-likeness (QED) is 0.564. The van der Waals surface area contributed by atoms with Gasteiger partial charge >= 0.3 is 6.18 Å². The van der Waals surface area contributed by atoms with Crippen LogP contribution in [0, 0.1) is 11.8 Å². The van der Waals surface area contributed by atoms with Crippen LogP contribution < -0.4 is 10.2 Å². The first-order valence-corrected chi connectivity index (χ1v) is 9.78. The van der Waals surface area contributed by atoms with Gasteiger partial charge in [0.05, 0.1) is 28.8 Å². The molecule has 1 aliphatic heterocycles. The second-order valence-corrected chi connectivity index (χ2v) is 7.76. The minimum Gasteiger partial charge on any atom is -0.321 e. The Hall–Kier alpha value is -3.42. The van der Waals surface area contributed by atoms with Crippen molar-refractivity contribution < 1.29 is 27.6 Å². The van der Waals surface area contributed by atoms with Crippen LogP contribution in [-0.2, 0) is 15.8 Å². The van der Waals surface area contributed by atoms with Crippen molar-refractivity contribution in [2.24, 2.45) is 11.8 Å². The fourth-order valence-corrected chi connectivity index (χ4v) is 4.11. The summed E-state index contributed by atoms with van der Waals surface area (Å²) in [4.78, 5) is 39.4. The molecule has 0 saturated carbocycles. The van der Waals surface area contributed by atoms with E-state index in [1.807, 2.05) is 13.0 Å². The van der Waals surface area contributed by atoms with Crippen LogP contribution in [0.4, 0.5) is 24.5 Å². The number of hydrogen-bond acceptors (Lipinski definition) is 3. The van der Waals surface area contributed by atoms with E-state index in [0.29, 0.717) is 12.8 Å². The van der Waals surface area contributed by atoms with Crippen molar-refractivity contribution in [1.29, 1.82) is 0 Å². The number of hydrogen-bond donors (Lipinski definition) is 1. The van der Waals surface area contributed by atoms with Crippen molar-refractivity contribution in [3.8, 4) is 0 Å². The van der Waals surface area contributed by atoms with E-state index in [0.717, 1.165) is 22.6 Å². The number of benzene rings is 2. The molecule has 5 nitrogen and oxygen atoms in total. The molecule has 1 saturated heterocycles. The Morgan fingerprint density at radius 2 is 1.74 bits per heavy atom. The molecule has 0 bridgehead atoms. The summed E-state index contributed by atoms with van der Waals surface area (Å²) < 4.78 is 39.6. The monoisotopic (exact) mass is 428 g/mol. The second kappa shape index (κ2) is 7.68. The largest absolute Gasteiger partial charge is 0.418 e. The topological polar surface area (TPSA) is 66.5 Å². The number of rotatable bonds is 3. The lowest BCUT2D eigenvalue weighted by molar-refractivity contribution is -0.137. The normalized spacial score (nSPS) is 21.0. The minimum absolute atomic E-state index is 0.0410. The molecule has 0 unspecified atom stereocenters. The van der Waals surface area contributed by atoms with Gasteiger partial charge in [-0.15, -0.1) is 0 Å². The summed E-state index contributed by atoms with van der Waals surface area (Å²) in [6.45, 7) is 1.92. The summed E-state index contributed by atoms with van der Waals surface area (Å²) in [6.07, 6.45) is -1.66. The fourth-order valence-electron chi connectivity index (χ4n) is 4.11. The van der Waals surface area contributed by atoms with Crippen molar-refractivity contribution in [3.63, 3.8) is 0 Å². The van der Waals surface area contributed by atoms with E-state index in [2.05, 4.69) is 5.32 Å². The van der Waals surface area contributed by atoms with Crippen LogP contribution in [0.15, 0.2) is 60.2 Å².